The maximum Gasteiger partial charge on any atom is 0.269 e. The lowest BCUT2D eigenvalue weighted by Gasteiger charge is -2.05. The number of nitro groups is 1. The molecule has 11 heteroatoms. The molecule has 1 amide bonds. The van der Waals surface area contributed by atoms with Gasteiger partial charge in [0.15, 0.2) is 0 Å². The molecular formula is C13H12N4O6S. The van der Waals surface area contributed by atoms with Gasteiger partial charge in [-0.1, -0.05) is 0 Å². The SMILES string of the molecule is O=C(CNS(=O)(=O)c1ccc([N+](=O)[O-])cc1)NN=Cc1ccco1. The van der Waals surface area contributed by atoms with Gasteiger partial charge < -0.3 is 4.42 Å². The van der Waals surface area contributed by atoms with Gasteiger partial charge in [-0.15, -0.1) is 0 Å². The fourth-order valence-electron chi connectivity index (χ4n) is 1.56. The zero-order valence-corrected chi connectivity index (χ0v) is 12.9. The topological polar surface area (TPSA) is 144 Å². The predicted octanol–water partition coefficient (Wildman–Crippen LogP) is 0.616. The average molecular weight is 352 g/mol. The second-order valence-corrected chi connectivity index (χ2v) is 6.15. The Labute approximate surface area is 136 Å². The molecule has 2 rings (SSSR count). The monoisotopic (exact) mass is 352 g/mol. The predicted molar refractivity (Wildman–Crippen MR) is 82.7 cm³/mol. The molecule has 0 unspecified atom stereocenters. The van der Waals surface area contributed by atoms with E-state index in [1.54, 1.807) is 12.1 Å². The fourth-order valence-corrected chi connectivity index (χ4v) is 2.55. The van der Waals surface area contributed by atoms with Gasteiger partial charge in [-0.05, 0) is 24.3 Å². The first-order valence-electron chi connectivity index (χ1n) is 6.48. The van der Waals surface area contributed by atoms with E-state index >= 15 is 0 Å². The molecule has 0 radical (unpaired) electrons. The summed E-state index contributed by atoms with van der Waals surface area (Å²) in [5.41, 5.74) is 1.89. The van der Waals surface area contributed by atoms with Gasteiger partial charge in [0.2, 0.25) is 10.0 Å². The number of benzene rings is 1. The standard InChI is InChI=1S/C13H12N4O6S/c18-13(16-14-8-11-2-1-7-23-11)9-15-24(21,22)12-5-3-10(4-6-12)17(19)20/h1-8,15H,9H2,(H,16,18). The van der Waals surface area contributed by atoms with Crippen LogP contribution in [0, 0.1) is 10.1 Å². The minimum absolute atomic E-state index is 0.194. The minimum Gasteiger partial charge on any atom is -0.463 e. The van der Waals surface area contributed by atoms with Crippen molar-refractivity contribution < 1.29 is 22.6 Å². The number of nitro benzene ring substituents is 1. The molecule has 0 spiro atoms. The molecule has 24 heavy (non-hydrogen) atoms. The van der Waals surface area contributed by atoms with Gasteiger partial charge >= 0.3 is 0 Å². The fraction of sp³-hybridized carbons (Fsp3) is 0.0769. The summed E-state index contributed by atoms with van der Waals surface area (Å²) in [4.78, 5) is 21.2. The van der Waals surface area contributed by atoms with Crippen molar-refractivity contribution in [3.63, 3.8) is 0 Å². The van der Waals surface area contributed by atoms with Gasteiger partial charge in [0.25, 0.3) is 11.6 Å². The van der Waals surface area contributed by atoms with Gasteiger partial charge in [-0.3, -0.25) is 14.9 Å². The lowest BCUT2D eigenvalue weighted by atomic mass is 10.3. The summed E-state index contributed by atoms with van der Waals surface area (Å²) in [5, 5.41) is 14.1. The van der Waals surface area contributed by atoms with Crippen molar-refractivity contribution >= 4 is 27.8 Å². The van der Waals surface area contributed by atoms with E-state index in [-0.39, 0.29) is 10.6 Å². The molecule has 126 valence electrons. The number of sulfonamides is 1. The Kier molecular flexibility index (Phi) is 5.39. The molecule has 0 bridgehead atoms. The Morgan fingerprint density at radius 1 is 1.29 bits per heavy atom. The second-order valence-electron chi connectivity index (χ2n) is 4.38. The quantitative estimate of drug-likeness (QED) is 0.424. The number of hydrogen-bond acceptors (Lipinski definition) is 7. The van der Waals surface area contributed by atoms with E-state index in [4.69, 9.17) is 4.42 Å². The number of nitrogens with one attached hydrogen (secondary N) is 2. The van der Waals surface area contributed by atoms with Crippen molar-refractivity contribution in [2.75, 3.05) is 6.54 Å². The Morgan fingerprint density at radius 3 is 2.58 bits per heavy atom. The van der Waals surface area contributed by atoms with Crippen molar-refractivity contribution in [1.29, 1.82) is 0 Å². The lowest BCUT2D eigenvalue weighted by molar-refractivity contribution is -0.384. The van der Waals surface area contributed by atoms with E-state index in [1.807, 2.05) is 0 Å². The molecule has 0 fully saturated rings. The van der Waals surface area contributed by atoms with Gasteiger partial charge in [0.1, 0.15) is 5.76 Å². The number of nitrogens with zero attached hydrogens (tertiary/aromatic N) is 2. The van der Waals surface area contributed by atoms with Gasteiger partial charge in [0, 0.05) is 12.1 Å². The maximum absolute atomic E-state index is 12.0. The summed E-state index contributed by atoms with van der Waals surface area (Å²) in [5.74, 6) is -0.273. The van der Waals surface area contributed by atoms with Crippen LogP contribution in [0.3, 0.4) is 0 Å². The molecule has 0 aliphatic rings. The number of hydrogen-bond donors (Lipinski definition) is 2. The Hall–Kier alpha value is -3.05. The van der Waals surface area contributed by atoms with Crippen LogP contribution in [-0.4, -0.2) is 32.0 Å². The molecule has 1 aromatic heterocycles. The molecule has 0 atom stereocenters. The van der Waals surface area contributed by atoms with Crippen LogP contribution in [0.1, 0.15) is 5.76 Å². The van der Waals surface area contributed by atoms with Crippen LogP contribution in [0.25, 0.3) is 0 Å². The zero-order chi connectivity index (χ0) is 17.6. The lowest BCUT2D eigenvalue weighted by Crippen LogP contribution is -2.34. The number of furan rings is 1. The Balaban J connectivity index is 1.89. The number of hydrazone groups is 1. The highest BCUT2D eigenvalue weighted by Crippen LogP contribution is 2.15. The van der Waals surface area contributed by atoms with Crippen molar-refractivity contribution in [1.82, 2.24) is 10.1 Å². The van der Waals surface area contributed by atoms with Crippen LogP contribution in [0.15, 0.2) is 57.1 Å². The van der Waals surface area contributed by atoms with E-state index in [9.17, 15) is 23.3 Å². The van der Waals surface area contributed by atoms with Crippen LogP contribution in [0.4, 0.5) is 5.69 Å². The van der Waals surface area contributed by atoms with E-state index in [1.165, 1.54) is 12.5 Å². The normalized spacial score (nSPS) is 11.5. The second kappa shape index (κ2) is 7.48. The third-order valence-electron chi connectivity index (χ3n) is 2.70. The highest BCUT2D eigenvalue weighted by molar-refractivity contribution is 7.89. The first kappa shape index (κ1) is 17.3. The first-order chi connectivity index (χ1) is 11.4. The molecule has 2 aromatic rings. The summed E-state index contributed by atoms with van der Waals surface area (Å²) in [6, 6.07) is 7.53. The Morgan fingerprint density at radius 2 is 2.00 bits per heavy atom. The number of amides is 1. The molecule has 0 aliphatic heterocycles. The molecule has 1 aromatic carbocycles. The van der Waals surface area contributed by atoms with Gasteiger partial charge in [-0.2, -0.15) is 5.10 Å². The van der Waals surface area contributed by atoms with E-state index in [2.05, 4.69) is 15.2 Å². The van der Waals surface area contributed by atoms with Crippen LogP contribution >= 0.6 is 0 Å². The molecule has 0 aliphatic carbocycles. The van der Waals surface area contributed by atoms with Gasteiger partial charge in [0.05, 0.1) is 28.8 Å². The van der Waals surface area contributed by atoms with Crippen molar-refractivity contribution in [2.24, 2.45) is 5.10 Å². The number of carbonyl (C=O) groups excluding carboxylic acids is 1. The Bertz CT molecular complexity index is 843. The van der Waals surface area contributed by atoms with Crippen LogP contribution in [0.5, 0.6) is 0 Å². The summed E-state index contributed by atoms with van der Waals surface area (Å²) < 4.78 is 30.9. The highest BCUT2D eigenvalue weighted by atomic mass is 32.2. The maximum atomic E-state index is 12.0. The third kappa shape index (κ3) is 4.72. The van der Waals surface area contributed by atoms with E-state index < -0.39 is 27.4 Å². The number of non-ortho nitro benzene ring substituents is 1. The molecule has 1 heterocycles. The summed E-state index contributed by atoms with van der Waals surface area (Å²) >= 11 is 0. The molecule has 10 nitrogen and oxygen atoms in total. The largest absolute Gasteiger partial charge is 0.463 e. The van der Waals surface area contributed by atoms with Crippen molar-refractivity contribution in [2.45, 2.75) is 4.90 Å². The average Bonchev–Trinajstić information content (AvgIpc) is 3.06. The summed E-state index contributed by atoms with van der Waals surface area (Å²) in [6.45, 7) is -0.547. The summed E-state index contributed by atoms with van der Waals surface area (Å²) in [7, 11) is -3.97. The minimum atomic E-state index is -3.97. The van der Waals surface area contributed by atoms with Crippen molar-refractivity contribution in [3.05, 3.63) is 58.5 Å². The zero-order valence-electron chi connectivity index (χ0n) is 12.1. The molecular weight excluding hydrogens is 340 g/mol. The van der Waals surface area contributed by atoms with Crippen LogP contribution < -0.4 is 10.1 Å². The van der Waals surface area contributed by atoms with Crippen LogP contribution in [0.2, 0.25) is 0 Å². The van der Waals surface area contributed by atoms with Gasteiger partial charge in [-0.25, -0.2) is 18.6 Å². The third-order valence-corrected chi connectivity index (χ3v) is 4.12. The molecule has 0 saturated heterocycles. The van der Waals surface area contributed by atoms with E-state index in [0.29, 0.717) is 5.76 Å². The number of carbonyl (C=O) groups is 1. The van der Waals surface area contributed by atoms with Crippen molar-refractivity contribution in [3.8, 4) is 0 Å². The smallest absolute Gasteiger partial charge is 0.269 e. The first-order valence-corrected chi connectivity index (χ1v) is 7.96. The summed E-state index contributed by atoms with van der Waals surface area (Å²) in [6.07, 6.45) is 2.68. The molecule has 0 saturated carbocycles. The highest BCUT2D eigenvalue weighted by Gasteiger charge is 2.16. The van der Waals surface area contributed by atoms with Crippen LogP contribution in [-0.2, 0) is 14.8 Å². The molecule has 2 N–H and O–H groups in total. The number of rotatable bonds is 7. The van der Waals surface area contributed by atoms with E-state index in [0.717, 1.165) is 24.3 Å².